The van der Waals surface area contributed by atoms with E-state index < -0.39 is 5.56 Å². The van der Waals surface area contributed by atoms with Gasteiger partial charge in [0.05, 0.1) is 28.8 Å². The molecule has 0 aliphatic rings. The van der Waals surface area contributed by atoms with E-state index in [4.69, 9.17) is 11.6 Å². The zero-order valence-corrected chi connectivity index (χ0v) is 16.8. The quantitative estimate of drug-likeness (QED) is 0.513. The molecule has 0 saturated carbocycles. The molecule has 0 spiro atoms. The van der Waals surface area contributed by atoms with Gasteiger partial charge in [-0.25, -0.2) is 0 Å². The number of rotatable bonds is 5. The number of aryl methyl sites for hydroxylation is 1. The molecule has 0 bridgehead atoms. The van der Waals surface area contributed by atoms with Crippen LogP contribution in [0.5, 0.6) is 0 Å². The van der Waals surface area contributed by atoms with Gasteiger partial charge in [-0.2, -0.15) is 0 Å². The van der Waals surface area contributed by atoms with Gasteiger partial charge in [-0.15, -0.1) is 0 Å². The maximum atomic E-state index is 12.8. The van der Waals surface area contributed by atoms with Crippen LogP contribution in [-0.4, -0.2) is 25.2 Å². The Hall–Kier alpha value is -3.65. The van der Waals surface area contributed by atoms with Crippen LogP contribution in [0, 0.1) is 0 Å². The fraction of sp³-hybridized carbons (Fsp3) is 0.143. The molecule has 0 fully saturated rings. The highest BCUT2D eigenvalue weighted by atomic mass is 35.5. The third-order valence-corrected chi connectivity index (χ3v) is 4.98. The maximum Gasteiger partial charge on any atom is 0.276 e. The van der Waals surface area contributed by atoms with Gasteiger partial charge in [-0.3, -0.25) is 33.7 Å². The lowest BCUT2D eigenvalue weighted by molar-refractivity contribution is -0.121. The van der Waals surface area contributed by atoms with E-state index in [1.807, 2.05) is 6.07 Å². The van der Waals surface area contributed by atoms with Crippen LogP contribution >= 0.6 is 11.6 Å². The average molecular weight is 424 g/mol. The molecule has 1 aromatic carbocycles. The van der Waals surface area contributed by atoms with Gasteiger partial charge in [-0.1, -0.05) is 29.8 Å². The summed E-state index contributed by atoms with van der Waals surface area (Å²) < 4.78 is 2.60. The van der Waals surface area contributed by atoms with Gasteiger partial charge in [-0.05, 0) is 29.8 Å². The molecule has 1 amide bonds. The summed E-state index contributed by atoms with van der Waals surface area (Å²) in [6.07, 6.45) is 1.64. The van der Waals surface area contributed by atoms with Crippen molar-refractivity contribution < 1.29 is 4.79 Å². The highest BCUT2D eigenvalue weighted by molar-refractivity contribution is 6.30. The van der Waals surface area contributed by atoms with E-state index in [0.29, 0.717) is 32.9 Å². The fourth-order valence-corrected chi connectivity index (χ4v) is 3.43. The van der Waals surface area contributed by atoms with Crippen LogP contribution < -0.4 is 16.4 Å². The van der Waals surface area contributed by atoms with Crippen molar-refractivity contribution in [3.8, 4) is 11.3 Å². The predicted octanol–water partition coefficient (Wildman–Crippen LogP) is 2.06. The molecule has 4 aromatic rings. The Morgan fingerprint density at radius 2 is 1.93 bits per heavy atom. The Morgan fingerprint density at radius 3 is 2.63 bits per heavy atom. The molecule has 4 rings (SSSR count). The van der Waals surface area contributed by atoms with Crippen LogP contribution in [0.1, 0.15) is 5.69 Å². The number of pyridine rings is 2. The molecule has 0 atom stereocenters. The minimum atomic E-state index is -0.401. The number of H-pyrrole nitrogens is 1. The predicted molar refractivity (Wildman–Crippen MR) is 114 cm³/mol. The molecule has 0 unspecified atom stereocenters. The third-order valence-electron chi connectivity index (χ3n) is 4.73. The Kier molecular flexibility index (Phi) is 5.24. The second-order valence-corrected chi connectivity index (χ2v) is 7.22. The summed E-state index contributed by atoms with van der Waals surface area (Å²) >= 11 is 6.00. The maximum absolute atomic E-state index is 12.8. The van der Waals surface area contributed by atoms with Crippen molar-refractivity contribution in [3.05, 3.63) is 86.2 Å². The van der Waals surface area contributed by atoms with Crippen molar-refractivity contribution in [1.29, 1.82) is 0 Å². The first kappa shape index (κ1) is 19.7. The zero-order valence-electron chi connectivity index (χ0n) is 16.1. The van der Waals surface area contributed by atoms with Crippen molar-refractivity contribution in [2.24, 2.45) is 7.05 Å². The van der Waals surface area contributed by atoms with E-state index in [2.05, 4.69) is 15.4 Å². The first-order valence-electron chi connectivity index (χ1n) is 9.19. The SMILES string of the molecule is Cn1[nH]c2cc(=O)n(CC(=O)NCc3ccccn3)c(-c3ccc(Cl)cc3)c2c1=O. The number of nitrogens with zero attached hydrogens (tertiary/aromatic N) is 3. The van der Waals surface area contributed by atoms with Crippen molar-refractivity contribution in [2.45, 2.75) is 13.1 Å². The van der Waals surface area contributed by atoms with Gasteiger partial charge in [0.1, 0.15) is 6.54 Å². The summed E-state index contributed by atoms with van der Waals surface area (Å²) in [6.45, 7) is -0.00717. The molecule has 8 nitrogen and oxygen atoms in total. The molecule has 0 aliphatic carbocycles. The highest BCUT2D eigenvalue weighted by Crippen LogP contribution is 2.26. The lowest BCUT2D eigenvalue weighted by Crippen LogP contribution is -2.33. The second kappa shape index (κ2) is 8.00. The fourth-order valence-electron chi connectivity index (χ4n) is 3.31. The number of carbonyl (C=O) groups is 1. The minimum absolute atomic E-state index is 0.235. The van der Waals surface area contributed by atoms with Crippen LogP contribution in [0.4, 0.5) is 0 Å². The minimum Gasteiger partial charge on any atom is -0.349 e. The lowest BCUT2D eigenvalue weighted by atomic mass is 10.1. The van der Waals surface area contributed by atoms with Crippen molar-refractivity contribution in [2.75, 3.05) is 0 Å². The lowest BCUT2D eigenvalue weighted by Gasteiger charge is -2.14. The van der Waals surface area contributed by atoms with Crippen LogP contribution in [0.2, 0.25) is 5.02 Å². The number of halogens is 1. The summed E-state index contributed by atoms with van der Waals surface area (Å²) in [5.41, 5.74) is 1.38. The molecule has 152 valence electrons. The number of hydrogen-bond donors (Lipinski definition) is 2. The van der Waals surface area contributed by atoms with Gasteiger partial charge in [0.25, 0.3) is 11.1 Å². The van der Waals surface area contributed by atoms with E-state index in [1.54, 1.807) is 49.6 Å². The van der Waals surface area contributed by atoms with Gasteiger partial charge in [0, 0.05) is 24.3 Å². The first-order valence-corrected chi connectivity index (χ1v) is 9.57. The largest absolute Gasteiger partial charge is 0.349 e. The van der Waals surface area contributed by atoms with E-state index in [0.717, 1.165) is 0 Å². The molecular formula is C21H18ClN5O3. The zero-order chi connectivity index (χ0) is 21.3. The number of hydrogen-bond acceptors (Lipinski definition) is 4. The van der Waals surface area contributed by atoms with E-state index in [9.17, 15) is 14.4 Å². The first-order chi connectivity index (χ1) is 14.4. The number of aromatic nitrogens is 4. The Bertz CT molecular complexity index is 1340. The van der Waals surface area contributed by atoms with Crippen molar-refractivity contribution in [3.63, 3.8) is 0 Å². The Balaban J connectivity index is 1.77. The molecule has 9 heteroatoms. The summed E-state index contributed by atoms with van der Waals surface area (Å²) in [7, 11) is 1.57. The molecule has 0 saturated heterocycles. The molecule has 0 aliphatic heterocycles. The van der Waals surface area contributed by atoms with Gasteiger partial charge >= 0.3 is 0 Å². The third kappa shape index (κ3) is 3.77. The number of amides is 1. The molecule has 0 radical (unpaired) electrons. The smallest absolute Gasteiger partial charge is 0.276 e. The Labute approximate surface area is 175 Å². The number of benzene rings is 1. The van der Waals surface area contributed by atoms with Crippen LogP contribution in [0.15, 0.2) is 64.3 Å². The second-order valence-electron chi connectivity index (χ2n) is 6.79. The van der Waals surface area contributed by atoms with Crippen molar-refractivity contribution >= 4 is 28.4 Å². The van der Waals surface area contributed by atoms with Gasteiger partial charge in [0.15, 0.2) is 0 Å². The summed E-state index contributed by atoms with van der Waals surface area (Å²) in [5, 5.41) is 6.48. The van der Waals surface area contributed by atoms with Crippen LogP contribution in [-0.2, 0) is 24.9 Å². The molecule has 2 N–H and O–H groups in total. The topological polar surface area (TPSA) is 102 Å². The number of aromatic amines is 1. The van der Waals surface area contributed by atoms with E-state index in [1.165, 1.54) is 15.3 Å². The molecule has 3 aromatic heterocycles. The summed E-state index contributed by atoms with van der Waals surface area (Å²) in [4.78, 5) is 42.3. The van der Waals surface area contributed by atoms with Crippen LogP contribution in [0.25, 0.3) is 22.2 Å². The normalized spacial score (nSPS) is 11.0. The molecule has 30 heavy (non-hydrogen) atoms. The van der Waals surface area contributed by atoms with Gasteiger partial charge in [0.2, 0.25) is 5.91 Å². The van der Waals surface area contributed by atoms with E-state index in [-0.39, 0.29) is 24.6 Å². The van der Waals surface area contributed by atoms with Crippen molar-refractivity contribution in [1.82, 2.24) is 24.6 Å². The summed E-state index contributed by atoms with van der Waals surface area (Å²) in [6, 6.07) is 13.5. The average Bonchev–Trinajstić information content (AvgIpc) is 3.02. The van der Waals surface area contributed by atoms with Gasteiger partial charge < -0.3 is 5.32 Å². The summed E-state index contributed by atoms with van der Waals surface area (Å²) in [5.74, 6) is -0.371. The number of nitrogens with one attached hydrogen (secondary N) is 2. The highest BCUT2D eigenvalue weighted by Gasteiger charge is 2.19. The Morgan fingerprint density at radius 1 is 1.17 bits per heavy atom. The van der Waals surface area contributed by atoms with Crippen LogP contribution in [0.3, 0.4) is 0 Å². The number of carbonyl (C=O) groups excluding carboxylic acids is 1. The number of fused-ring (bicyclic) bond motifs is 1. The monoisotopic (exact) mass is 423 g/mol. The van der Waals surface area contributed by atoms with E-state index >= 15 is 0 Å². The molecular weight excluding hydrogens is 406 g/mol. The standard InChI is InChI=1S/C21H18ClN5O3/c1-26-21(30)19-16(25-26)10-18(29)27(20(19)13-5-7-14(22)8-6-13)12-17(28)24-11-15-4-2-3-9-23-15/h2-10,25H,11-12H2,1H3,(H,24,28). The molecule has 3 heterocycles.